The summed E-state index contributed by atoms with van der Waals surface area (Å²) in [4.78, 5) is 0. The molecule has 0 heterocycles. The van der Waals surface area contributed by atoms with Gasteiger partial charge in [0.1, 0.15) is 23.0 Å². The molecule has 0 radical (unpaired) electrons. The molecule has 6 nitrogen and oxygen atoms in total. The second-order valence-corrected chi connectivity index (χ2v) is 6.44. The third kappa shape index (κ3) is 3.43. The first-order valence-corrected chi connectivity index (χ1v) is 8.68. The zero-order valence-electron chi connectivity index (χ0n) is 15.1. The van der Waals surface area contributed by atoms with Crippen molar-refractivity contribution in [3.05, 3.63) is 72.8 Å². The Morgan fingerprint density at radius 1 is 0.536 bits per heavy atom. The van der Waals surface area contributed by atoms with Gasteiger partial charge in [-0.25, -0.2) is 0 Å². The van der Waals surface area contributed by atoms with Gasteiger partial charge in [0.25, 0.3) is 0 Å². The average Bonchev–Trinajstić information content (AvgIpc) is 2.66. The van der Waals surface area contributed by atoms with E-state index in [0.29, 0.717) is 45.7 Å². The Hall–Kier alpha value is -4.06. The van der Waals surface area contributed by atoms with Gasteiger partial charge in [0, 0.05) is 16.8 Å². The Labute approximate surface area is 162 Å². The minimum Gasteiger partial charge on any atom is -0.455 e. The molecule has 4 aromatic carbocycles. The van der Waals surface area contributed by atoms with Gasteiger partial charge in [-0.2, -0.15) is 0 Å². The van der Waals surface area contributed by atoms with Crippen molar-refractivity contribution in [2.75, 3.05) is 22.9 Å². The molecular formula is C22H20N4O2. The smallest absolute Gasteiger partial charge is 0.150 e. The van der Waals surface area contributed by atoms with Crippen molar-refractivity contribution in [2.45, 2.75) is 0 Å². The van der Waals surface area contributed by atoms with Gasteiger partial charge in [0.05, 0.1) is 11.4 Å². The standard InChI is InChI=1S/C22H20N4O2/c23-14-5-8-21(18(25)10-14)27-16-7-4-13-2-1-3-20(17(13)12-16)28-22-9-6-15(24)11-19(22)26/h1-12H,23-26H2. The van der Waals surface area contributed by atoms with Crippen LogP contribution in [0.2, 0.25) is 0 Å². The fourth-order valence-electron chi connectivity index (χ4n) is 2.94. The average molecular weight is 372 g/mol. The zero-order valence-corrected chi connectivity index (χ0v) is 15.1. The van der Waals surface area contributed by atoms with Crippen LogP contribution in [0.25, 0.3) is 10.8 Å². The molecule has 0 amide bonds. The number of ether oxygens (including phenoxy) is 2. The number of benzene rings is 4. The highest BCUT2D eigenvalue weighted by Crippen LogP contribution is 2.37. The van der Waals surface area contributed by atoms with E-state index in [9.17, 15) is 0 Å². The molecule has 0 aliphatic heterocycles. The van der Waals surface area contributed by atoms with Crippen LogP contribution in [-0.2, 0) is 0 Å². The van der Waals surface area contributed by atoms with E-state index in [1.165, 1.54) is 0 Å². The number of rotatable bonds is 4. The largest absolute Gasteiger partial charge is 0.455 e. The van der Waals surface area contributed by atoms with Crippen molar-refractivity contribution in [2.24, 2.45) is 0 Å². The quantitative estimate of drug-likeness (QED) is 0.383. The van der Waals surface area contributed by atoms with Crippen LogP contribution in [0.5, 0.6) is 23.0 Å². The molecule has 28 heavy (non-hydrogen) atoms. The molecule has 6 heteroatoms. The van der Waals surface area contributed by atoms with Gasteiger partial charge in [-0.15, -0.1) is 0 Å². The van der Waals surface area contributed by atoms with E-state index in [2.05, 4.69) is 0 Å². The molecular weight excluding hydrogens is 352 g/mol. The fraction of sp³-hybridized carbons (Fsp3) is 0. The summed E-state index contributed by atoms with van der Waals surface area (Å²) in [6.45, 7) is 0. The summed E-state index contributed by atoms with van der Waals surface area (Å²) in [5, 5.41) is 1.88. The number of nitrogen functional groups attached to an aromatic ring is 4. The lowest BCUT2D eigenvalue weighted by molar-refractivity contribution is 0.482. The van der Waals surface area contributed by atoms with E-state index in [1.807, 2.05) is 36.4 Å². The van der Waals surface area contributed by atoms with Crippen LogP contribution in [-0.4, -0.2) is 0 Å². The molecule has 4 aromatic rings. The van der Waals surface area contributed by atoms with Crippen LogP contribution in [0.3, 0.4) is 0 Å². The second kappa shape index (κ2) is 6.92. The number of fused-ring (bicyclic) bond motifs is 1. The van der Waals surface area contributed by atoms with E-state index in [-0.39, 0.29) is 0 Å². The predicted octanol–water partition coefficient (Wildman–Crippen LogP) is 4.75. The molecule has 8 N–H and O–H groups in total. The van der Waals surface area contributed by atoms with Crippen LogP contribution >= 0.6 is 0 Å². The molecule has 0 atom stereocenters. The normalized spacial score (nSPS) is 10.7. The number of nitrogens with two attached hydrogens (primary N) is 4. The van der Waals surface area contributed by atoms with Crippen LogP contribution in [0.1, 0.15) is 0 Å². The van der Waals surface area contributed by atoms with E-state index >= 15 is 0 Å². The zero-order chi connectivity index (χ0) is 19.7. The van der Waals surface area contributed by atoms with Gasteiger partial charge in [0.15, 0.2) is 0 Å². The lowest BCUT2D eigenvalue weighted by atomic mass is 10.1. The highest BCUT2D eigenvalue weighted by atomic mass is 16.5. The highest BCUT2D eigenvalue weighted by molar-refractivity contribution is 5.90. The number of hydrogen-bond acceptors (Lipinski definition) is 6. The van der Waals surface area contributed by atoms with Crippen molar-refractivity contribution in [3.63, 3.8) is 0 Å². The van der Waals surface area contributed by atoms with Gasteiger partial charge >= 0.3 is 0 Å². The van der Waals surface area contributed by atoms with Crippen molar-refractivity contribution >= 4 is 33.5 Å². The third-order valence-corrected chi connectivity index (χ3v) is 4.33. The maximum absolute atomic E-state index is 6.04. The van der Waals surface area contributed by atoms with Crippen LogP contribution in [0.15, 0.2) is 72.8 Å². The van der Waals surface area contributed by atoms with Crippen LogP contribution in [0, 0.1) is 0 Å². The van der Waals surface area contributed by atoms with E-state index in [4.69, 9.17) is 32.4 Å². The molecule has 0 saturated heterocycles. The summed E-state index contributed by atoms with van der Waals surface area (Å²) >= 11 is 0. The Balaban J connectivity index is 1.71. The maximum Gasteiger partial charge on any atom is 0.150 e. The maximum atomic E-state index is 6.04. The SMILES string of the molecule is Nc1ccc(Oc2ccc3cccc(Oc4ccc(N)cc4N)c3c2)c(N)c1. The molecule has 140 valence electrons. The number of hydrogen-bond donors (Lipinski definition) is 4. The fourth-order valence-corrected chi connectivity index (χ4v) is 2.94. The lowest BCUT2D eigenvalue weighted by Crippen LogP contribution is -1.95. The van der Waals surface area contributed by atoms with Crippen LogP contribution < -0.4 is 32.4 Å². The molecule has 0 aliphatic rings. The summed E-state index contributed by atoms with van der Waals surface area (Å²) < 4.78 is 12.0. The molecule has 0 aliphatic carbocycles. The van der Waals surface area contributed by atoms with Gasteiger partial charge in [0.2, 0.25) is 0 Å². The minimum absolute atomic E-state index is 0.471. The summed E-state index contributed by atoms with van der Waals surface area (Å²) in [7, 11) is 0. The highest BCUT2D eigenvalue weighted by Gasteiger charge is 2.09. The minimum atomic E-state index is 0.471. The van der Waals surface area contributed by atoms with Gasteiger partial charge in [-0.1, -0.05) is 18.2 Å². The summed E-state index contributed by atoms with van der Waals surface area (Å²) in [6, 6.07) is 21.8. The van der Waals surface area contributed by atoms with E-state index in [1.54, 1.807) is 36.4 Å². The Morgan fingerprint density at radius 3 is 1.82 bits per heavy atom. The van der Waals surface area contributed by atoms with E-state index in [0.717, 1.165) is 10.8 Å². The van der Waals surface area contributed by atoms with Gasteiger partial charge in [-0.3, -0.25) is 0 Å². The first kappa shape index (κ1) is 17.4. The molecule has 0 saturated carbocycles. The summed E-state index contributed by atoms with van der Waals surface area (Å²) in [5.41, 5.74) is 25.6. The third-order valence-electron chi connectivity index (χ3n) is 4.33. The molecule has 0 spiro atoms. The molecule has 0 unspecified atom stereocenters. The molecule has 0 bridgehead atoms. The first-order chi connectivity index (χ1) is 13.5. The van der Waals surface area contributed by atoms with E-state index < -0.39 is 0 Å². The molecule has 0 aromatic heterocycles. The van der Waals surface area contributed by atoms with Crippen molar-refractivity contribution < 1.29 is 9.47 Å². The lowest BCUT2D eigenvalue weighted by Gasteiger charge is -2.13. The summed E-state index contributed by atoms with van der Waals surface area (Å²) in [6.07, 6.45) is 0. The Morgan fingerprint density at radius 2 is 1.18 bits per heavy atom. The first-order valence-electron chi connectivity index (χ1n) is 8.68. The summed E-state index contributed by atoms with van der Waals surface area (Å²) in [5.74, 6) is 2.36. The topological polar surface area (TPSA) is 123 Å². The Bertz CT molecular complexity index is 1170. The molecule has 4 rings (SSSR count). The number of anilines is 4. The monoisotopic (exact) mass is 372 g/mol. The van der Waals surface area contributed by atoms with Crippen LogP contribution in [0.4, 0.5) is 22.7 Å². The van der Waals surface area contributed by atoms with Crippen molar-refractivity contribution in [1.82, 2.24) is 0 Å². The van der Waals surface area contributed by atoms with Gasteiger partial charge < -0.3 is 32.4 Å². The Kier molecular flexibility index (Phi) is 4.29. The molecule has 0 fully saturated rings. The second-order valence-electron chi connectivity index (χ2n) is 6.44. The van der Waals surface area contributed by atoms with Crippen molar-refractivity contribution in [1.29, 1.82) is 0 Å². The van der Waals surface area contributed by atoms with Crippen molar-refractivity contribution in [3.8, 4) is 23.0 Å². The van der Waals surface area contributed by atoms with Gasteiger partial charge in [-0.05, 0) is 60.0 Å². The predicted molar refractivity (Wildman–Crippen MR) is 115 cm³/mol.